The summed E-state index contributed by atoms with van der Waals surface area (Å²) in [7, 11) is 2.10. The molecule has 0 N–H and O–H groups in total. The smallest absolute Gasteiger partial charge is 0.230 e. The Morgan fingerprint density at radius 3 is 2.65 bits per heavy atom. The molecule has 23 heavy (non-hydrogen) atoms. The van der Waals surface area contributed by atoms with E-state index >= 15 is 0 Å². The molecule has 120 valence electrons. The first-order valence-electron chi connectivity index (χ1n) is 8.76. The lowest BCUT2D eigenvalue weighted by molar-refractivity contribution is -0.123. The predicted molar refractivity (Wildman–Crippen MR) is 92.4 cm³/mol. The Morgan fingerprint density at radius 1 is 1.04 bits per heavy atom. The number of amides is 1. The molecule has 4 rings (SSSR count). The second-order valence-corrected chi connectivity index (χ2v) is 6.96. The molecule has 3 nitrogen and oxygen atoms in total. The largest absolute Gasteiger partial charge is 0.354 e. The van der Waals surface area contributed by atoms with E-state index in [-0.39, 0.29) is 5.92 Å². The molecule has 2 aromatic rings. The van der Waals surface area contributed by atoms with Crippen LogP contribution in [0.3, 0.4) is 0 Å². The van der Waals surface area contributed by atoms with E-state index in [1.165, 1.54) is 36.1 Å². The summed E-state index contributed by atoms with van der Waals surface area (Å²) in [6, 6.07) is 10.6. The molecular weight excluding hydrogens is 284 g/mol. The van der Waals surface area contributed by atoms with Gasteiger partial charge in [0.05, 0.1) is 6.54 Å². The summed E-state index contributed by atoms with van der Waals surface area (Å²) in [5.74, 6) is 0.538. The standard InChI is InChI=1S/C20H24N2O/c1-21-12-11-17-14-22(20(23)15-7-3-2-4-8-15)18-10-6-5-9-16(18)13-19(17)21/h5-6,9-12,15H,2-4,7-8,13-14H2,1H3. The van der Waals surface area contributed by atoms with Gasteiger partial charge in [-0.25, -0.2) is 0 Å². The fourth-order valence-electron chi connectivity index (χ4n) is 4.12. The van der Waals surface area contributed by atoms with Crippen molar-refractivity contribution in [3.8, 4) is 0 Å². The highest BCUT2D eigenvalue weighted by molar-refractivity contribution is 5.96. The molecule has 2 heterocycles. The fourth-order valence-corrected chi connectivity index (χ4v) is 4.12. The normalized spacial score (nSPS) is 18.2. The molecule has 0 radical (unpaired) electrons. The lowest BCUT2D eigenvalue weighted by Crippen LogP contribution is -2.36. The molecule has 1 fully saturated rings. The van der Waals surface area contributed by atoms with Crippen molar-refractivity contribution >= 4 is 11.6 Å². The Labute approximate surface area is 137 Å². The Kier molecular flexibility index (Phi) is 3.72. The van der Waals surface area contributed by atoms with Gasteiger partial charge in [0.25, 0.3) is 0 Å². The summed E-state index contributed by atoms with van der Waals surface area (Å²) >= 11 is 0. The monoisotopic (exact) mass is 308 g/mol. The maximum Gasteiger partial charge on any atom is 0.230 e. The highest BCUT2D eigenvalue weighted by Gasteiger charge is 2.30. The topological polar surface area (TPSA) is 25.2 Å². The molecule has 0 saturated heterocycles. The molecule has 1 aliphatic carbocycles. The lowest BCUT2D eigenvalue weighted by atomic mass is 9.88. The first-order chi connectivity index (χ1) is 11.2. The summed E-state index contributed by atoms with van der Waals surface area (Å²) in [5, 5.41) is 0. The van der Waals surface area contributed by atoms with Crippen molar-refractivity contribution in [2.45, 2.75) is 45.1 Å². The maximum absolute atomic E-state index is 13.2. The van der Waals surface area contributed by atoms with Gasteiger partial charge in [0.1, 0.15) is 0 Å². The molecule has 0 bridgehead atoms. The van der Waals surface area contributed by atoms with Crippen molar-refractivity contribution in [3.63, 3.8) is 0 Å². The number of aryl methyl sites for hydroxylation is 1. The summed E-state index contributed by atoms with van der Waals surface area (Å²) in [6.45, 7) is 0.711. The maximum atomic E-state index is 13.2. The number of carbonyl (C=O) groups excluding carboxylic acids is 1. The molecule has 1 aromatic heterocycles. The zero-order valence-corrected chi connectivity index (χ0v) is 13.8. The summed E-state index contributed by atoms with van der Waals surface area (Å²) < 4.78 is 2.20. The van der Waals surface area contributed by atoms with Gasteiger partial charge in [-0.05, 0) is 36.1 Å². The first kappa shape index (κ1) is 14.6. The molecule has 0 unspecified atom stereocenters. The second-order valence-electron chi connectivity index (χ2n) is 6.96. The van der Waals surface area contributed by atoms with Crippen LogP contribution in [0.4, 0.5) is 5.69 Å². The Balaban J connectivity index is 1.74. The number of anilines is 1. The van der Waals surface area contributed by atoms with Crippen LogP contribution in [0.15, 0.2) is 36.5 Å². The third-order valence-corrected chi connectivity index (χ3v) is 5.48. The first-order valence-corrected chi connectivity index (χ1v) is 8.76. The van der Waals surface area contributed by atoms with E-state index < -0.39 is 0 Å². The average molecular weight is 308 g/mol. The van der Waals surface area contributed by atoms with E-state index in [9.17, 15) is 4.79 Å². The van der Waals surface area contributed by atoms with Gasteiger partial charge < -0.3 is 9.47 Å². The number of fused-ring (bicyclic) bond motifs is 2. The molecule has 1 aromatic carbocycles. The molecule has 3 heteroatoms. The quantitative estimate of drug-likeness (QED) is 0.780. The third kappa shape index (κ3) is 2.58. The average Bonchev–Trinajstić information content (AvgIpc) is 2.84. The zero-order chi connectivity index (χ0) is 15.8. The molecule has 1 aliphatic heterocycles. The van der Waals surface area contributed by atoms with Crippen LogP contribution in [0.2, 0.25) is 0 Å². The highest BCUT2D eigenvalue weighted by Crippen LogP contribution is 2.34. The number of rotatable bonds is 1. The predicted octanol–water partition coefficient (Wildman–Crippen LogP) is 4.04. The van der Waals surface area contributed by atoms with Crippen LogP contribution in [0, 0.1) is 5.92 Å². The Bertz CT molecular complexity index is 725. The van der Waals surface area contributed by atoms with Crippen molar-refractivity contribution in [3.05, 3.63) is 53.3 Å². The summed E-state index contributed by atoms with van der Waals surface area (Å²) in [5.41, 5.74) is 4.99. The van der Waals surface area contributed by atoms with Gasteiger partial charge in [-0.2, -0.15) is 0 Å². The number of hydrogen-bond acceptors (Lipinski definition) is 1. The van der Waals surface area contributed by atoms with E-state index in [0.717, 1.165) is 24.9 Å². The minimum absolute atomic E-state index is 0.210. The number of hydrogen-bond donors (Lipinski definition) is 0. The minimum atomic E-state index is 0.210. The van der Waals surface area contributed by atoms with Crippen molar-refractivity contribution < 1.29 is 4.79 Å². The van der Waals surface area contributed by atoms with Gasteiger partial charge in [-0.3, -0.25) is 4.79 Å². The molecule has 0 spiro atoms. The van der Waals surface area contributed by atoms with Crippen molar-refractivity contribution in [2.75, 3.05) is 4.90 Å². The Morgan fingerprint density at radius 2 is 1.83 bits per heavy atom. The zero-order valence-electron chi connectivity index (χ0n) is 13.8. The van der Waals surface area contributed by atoms with E-state index in [2.05, 4.69) is 53.0 Å². The number of benzene rings is 1. The van der Waals surface area contributed by atoms with E-state index in [0.29, 0.717) is 12.5 Å². The van der Waals surface area contributed by atoms with Crippen LogP contribution >= 0.6 is 0 Å². The number of carbonyl (C=O) groups is 1. The van der Waals surface area contributed by atoms with Crippen LogP contribution in [0.5, 0.6) is 0 Å². The van der Waals surface area contributed by atoms with E-state index in [1.54, 1.807) is 0 Å². The second kappa shape index (κ2) is 5.88. The van der Waals surface area contributed by atoms with E-state index in [1.807, 2.05) is 0 Å². The molecule has 1 amide bonds. The van der Waals surface area contributed by atoms with E-state index in [4.69, 9.17) is 0 Å². The summed E-state index contributed by atoms with van der Waals surface area (Å²) in [6.07, 6.45) is 8.80. The Hall–Kier alpha value is -2.03. The third-order valence-electron chi connectivity index (χ3n) is 5.48. The van der Waals surface area contributed by atoms with Crippen molar-refractivity contribution in [2.24, 2.45) is 13.0 Å². The van der Waals surface area contributed by atoms with Crippen LogP contribution in [0.25, 0.3) is 0 Å². The van der Waals surface area contributed by atoms with Crippen LogP contribution < -0.4 is 4.90 Å². The van der Waals surface area contributed by atoms with Gasteiger partial charge in [0.2, 0.25) is 5.91 Å². The van der Waals surface area contributed by atoms with Crippen LogP contribution in [-0.4, -0.2) is 10.5 Å². The van der Waals surface area contributed by atoms with Gasteiger partial charge in [-0.1, -0.05) is 37.5 Å². The van der Waals surface area contributed by atoms with Gasteiger partial charge in [-0.15, -0.1) is 0 Å². The van der Waals surface area contributed by atoms with Crippen LogP contribution in [-0.2, 0) is 24.8 Å². The fraction of sp³-hybridized carbons (Fsp3) is 0.450. The molecule has 2 aliphatic rings. The van der Waals surface area contributed by atoms with Crippen molar-refractivity contribution in [1.82, 2.24) is 4.57 Å². The highest BCUT2D eigenvalue weighted by atomic mass is 16.2. The van der Waals surface area contributed by atoms with Crippen molar-refractivity contribution in [1.29, 1.82) is 0 Å². The lowest BCUT2D eigenvalue weighted by Gasteiger charge is -2.29. The molecule has 1 saturated carbocycles. The molecular formula is C20H24N2O. The molecule has 0 atom stereocenters. The number of nitrogens with zero attached hydrogens (tertiary/aromatic N) is 2. The number of aromatic nitrogens is 1. The minimum Gasteiger partial charge on any atom is -0.354 e. The van der Waals surface area contributed by atoms with Gasteiger partial charge in [0, 0.05) is 37.0 Å². The SMILES string of the molecule is Cn1ccc2c1Cc1ccccc1N(C(=O)C1CCCCC1)C2. The van der Waals surface area contributed by atoms with Crippen LogP contribution in [0.1, 0.15) is 48.9 Å². The number of para-hydroxylation sites is 1. The van der Waals surface area contributed by atoms with Gasteiger partial charge >= 0.3 is 0 Å². The van der Waals surface area contributed by atoms with Gasteiger partial charge in [0.15, 0.2) is 0 Å². The summed E-state index contributed by atoms with van der Waals surface area (Å²) in [4.78, 5) is 15.3.